The van der Waals surface area contributed by atoms with E-state index in [0.29, 0.717) is 0 Å². The summed E-state index contributed by atoms with van der Waals surface area (Å²) in [5.41, 5.74) is 2.22. The SMILES string of the molecule is C[C@H](OC(=O)C1=NNC(=O)CC1)C(=O)NC(=O)NC1CCCCC1. The highest BCUT2D eigenvalue weighted by molar-refractivity contribution is 6.37. The van der Waals surface area contributed by atoms with Gasteiger partial charge in [0.05, 0.1) is 0 Å². The summed E-state index contributed by atoms with van der Waals surface area (Å²) >= 11 is 0. The number of amides is 4. The summed E-state index contributed by atoms with van der Waals surface area (Å²) in [6.45, 7) is 1.36. The molecule has 0 saturated heterocycles. The first-order valence-electron chi connectivity index (χ1n) is 8.13. The normalized spacial score (nSPS) is 19.5. The van der Waals surface area contributed by atoms with Crippen LogP contribution < -0.4 is 16.1 Å². The molecule has 0 aromatic carbocycles. The van der Waals surface area contributed by atoms with Crippen LogP contribution in [0.5, 0.6) is 0 Å². The van der Waals surface area contributed by atoms with Gasteiger partial charge in [0.2, 0.25) is 5.91 Å². The molecule has 1 aliphatic carbocycles. The van der Waals surface area contributed by atoms with E-state index in [4.69, 9.17) is 4.74 Å². The van der Waals surface area contributed by atoms with Crippen LogP contribution in [0.1, 0.15) is 51.9 Å². The number of urea groups is 1. The van der Waals surface area contributed by atoms with Gasteiger partial charge in [0, 0.05) is 18.9 Å². The van der Waals surface area contributed by atoms with Crippen LogP contribution in [0, 0.1) is 0 Å². The van der Waals surface area contributed by atoms with Gasteiger partial charge in [0.15, 0.2) is 6.10 Å². The molecule has 0 aromatic rings. The average molecular weight is 338 g/mol. The molecule has 1 saturated carbocycles. The molecule has 1 fully saturated rings. The third-order valence-corrected chi connectivity index (χ3v) is 3.97. The summed E-state index contributed by atoms with van der Waals surface area (Å²) in [5.74, 6) is -1.78. The molecule has 0 unspecified atom stereocenters. The maximum atomic E-state index is 11.9. The molecule has 0 aromatic heterocycles. The fraction of sp³-hybridized carbons (Fsp3) is 0.667. The van der Waals surface area contributed by atoms with Gasteiger partial charge >= 0.3 is 12.0 Å². The number of carbonyl (C=O) groups is 4. The molecular weight excluding hydrogens is 316 g/mol. The molecule has 0 bridgehead atoms. The fourth-order valence-corrected chi connectivity index (χ4v) is 2.59. The van der Waals surface area contributed by atoms with Crippen LogP contribution in [0.3, 0.4) is 0 Å². The smallest absolute Gasteiger partial charge is 0.355 e. The van der Waals surface area contributed by atoms with E-state index in [2.05, 4.69) is 21.2 Å². The standard InChI is InChI=1S/C15H22N4O5/c1-9(24-14(22)11-7-8-12(20)19-18-11)13(21)17-15(23)16-10-5-3-2-4-6-10/h9-10H,2-8H2,1H3,(H,19,20)(H2,16,17,21,23)/t9-/m0/s1. The monoisotopic (exact) mass is 338 g/mol. The van der Waals surface area contributed by atoms with Crippen LogP contribution in [0.2, 0.25) is 0 Å². The number of carbonyl (C=O) groups excluding carboxylic acids is 4. The Hall–Kier alpha value is -2.45. The quantitative estimate of drug-likeness (QED) is 0.637. The lowest BCUT2D eigenvalue weighted by Crippen LogP contribution is -2.48. The first-order valence-corrected chi connectivity index (χ1v) is 8.13. The van der Waals surface area contributed by atoms with E-state index in [1.165, 1.54) is 6.92 Å². The second-order valence-corrected chi connectivity index (χ2v) is 5.94. The number of rotatable bonds is 4. The van der Waals surface area contributed by atoms with Crippen LogP contribution in [0.15, 0.2) is 5.10 Å². The Balaban J connectivity index is 1.75. The molecule has 24 heavy (non-hydrogen) atoms. The van der Waals surface area contributed by atoms with E-state index in [-0.39, 0.29) is 30.5 Å². The van der Waals surface area contributed by atoms with E-state index in [0.717, 1.165) is 32.1 Å². The Morgan fingerprint density at radius 1 is 1.21 bits per heavy atom. The average Bonchev–Trinajstić information content (AvgIpc) is 2.56. The fourth-order valence-electron chi connectivity index (χ4n) is 2.59. The highest BCUT2D eigenvalue weighted by atomic mass is 16.5. The van der Waals surface area contributed by atoms with Crippen LogP contribution in [-0.2, 0) is 19.1 Å². The number of ether oxygens (including phenoxy) is 1. The number of imide groups is 1. The molecule has 1 heterocycles. The van der Waals surface area contributed by atoms with E-state index in [1.54, 1.807) is 0 Å². The number of esters is 1. The van der Waals surface area contributed by atoms with Gasteiger partial charge in [-0.25, -0.2) is 15.0 Å². The molecule has 9 nitrogen and oxygen atoms in total. The summed E-state index contributed by atoms with van der Waals surface area (Å²) in [4.78, 5) is 46.5. The summed E-state index contributed by atoms with van der Waals surface area (Å²) in [6.07, 6.45) is 4.23. The van der Waals surface area contributed by atoms with E-state index < -0.39 is 24.0 Å². The van der Waals surface area contributed by atoms with Gasteiger partial charge in [-0.05, 0) is 19.8 Å². The number of hydrogen-bond donors (Lipinski definition) is 3. The van der Waals surface area contributed by atoms with Gasteiger partial charge in [-0.3, -0.25) is 14.9 Å². The molecule has 1 atom stereocenters. The van der Waals surface area contributed by atoms with Gasteiger partial charge in [-0.15, -0.1) is 0 Å². The lowest BCUT2D eigenvalue weighted by molar-refractivity contribution is -0.148. The van der Waals surface area contributed by atoms with Crippen molar-refractivity contribution in [2.45, 2.75) is 64.0 Å². The van der Waals surface area contributed by atoms with Gasteiger partial charge in [-0.2, -0.15) is 5.10 Å². The first-order chi connectivity index (χ1) is 11.5. The number of hydrogen-bond acceptors (Lipinski definition) is 6. The maximum absolute atomic E-state index is 11.9. The van der Waals surface area contributed by atoms with Crippen LogP contribution in [0.25, 0.3) is 0 Å². The van der Waals surface area contributed by atoms with Gasteiger partial charge in [-0.1, -0.05) is 19.3 Å². The number of nitrogens with zero attached hydrogens (tertiary/aromatic N) is 1. The van der Waals surface area contributed by atoms with Crippen molar-refractivity contribution in [3.05, 3.63) is 0 Å². The minimum absolute atomic E-state index is 0.0425. The van der Waals surface area contributed by atoms with Crippen LogP contribution >= 0.6 is 0 Å². The van der Waals surface area contributed by atoms with Gasteiger partial charge < -0.3 is 10.1 Å². The van der Waals surface area contributed by atoms with Crippen molar-refractivity contribution in [1.82, 2.24) is 16.1 Å². The van der Waals surface area contributed by atoms with Crippen molar-refractivity contribution < 1.29 is 23.9 Å². The molecule has 2 aliphatic rings. The van der Waals surface area contributed by atoms with Crippen molar-refractivity contribution in [3.63, 3.8) is 0 Å². The summed E-state index contributed by atoms with van der Waals surface area (Å²) in [6, 6.07) is -0.512. The zero-order chi connectivity index (χ0) is 17.5. The number of hydrazone groups is 1. The van der Waals surface area contributed by atoms with Crippen molar-refractivity contribution in [3.8, 4) is 0 Å². The highest BCUT2D eigenvalue weighted by Gasteiger charge is 2.25. The summed E-state index contributed by atoms with van der Waals surface area (Å²) < 4.78 is 4.96. The Morgan fingerprint density at radius 3 is 2.54 bits per heavy atom. The number of nitrogens with one attached hydrogen (secondary N) is 3. The lowest BCUT2D eigenvalue weighted by Gasteiger charge is -2.23. The first kappa shape index (κ1) is 17.9. The molecular formula is C15H22N4O5. The molecule has 132 valence electrons. The lowest BCUT2D eigenvalue weighted by atomic mass is 9.96. The largest absolute Gasteiger partial charge is 0.448 e. The predicted octanol–water partition coefficient (Wildman–Crippen LogP) is 0.343. The Labute approximate surface area is 139 Å². The van der Waals surface area contributed by atoms with Crippen LogP contribution in [-0.4, -0.2) is 41.7 Å². The minimum atomic E-state index is -1.14. The second kappa shape index (κ2) is 8.42. The Morgan fingerprint density at radius 2 is 1.92 bits per heavy atom. The molecule has 3 N–H and O–H groups in total. The molecule has 1 aliphatic heterocycles. The van der Waals surface area contributed by atoms with Crippen molar-refractivity contribution in [2.24, 2.45) is 5.10 Å². The third kappa shape index (κ3) is 5.32. The zero-order valence-corrected chi connectivity index (χ0v) is 13.6. The van der Waals surface area contributed by atoms with Crippen molar-refractivity contribution in [2.75, 3.05) is 0 Å². The molecule has 0 spiro atoms. The second-order valence-electron chi connectivity index (χ2n) is 5.94. The summed E-state index contributed by atoms with van der Waals surface area (Å²) in [5, 5.41) is 8.50. The van der Waals surface area contributed by atoms with Gasteiger partial charge in [0.25, 0.3) is 5.91 Å². The van der Waals surface area contributed by atoms with E-state index in [9.17, 15) is 19.2 Å². The predicted molar refractivity (Wildman–Crippen MR) is 83.9 cm³/mol. The molecule has 9 heteroatoms. The minimum Gasteiger partial charge on any atom is -0.448 e. The topological polar surface area (TPSA) is 126 Å². The van der Waals surface area contributed by atoms with Gasteiger partial charge in [0.1, 0.15) is 5.71 Å². The van der Waals surface area contributed by atoms with E-state index in [1.807, 2.05) is 0 Å². The molecule has 2 rings (SSSR count). The van der Waals surface area contributed by atoms with Crippen LogP contribution in [0.4, 0.5) is 4.79 Å². The molecule has 4 amide bonds. The Bertz CT molecular complexity index is 554. The van der Waals surface area contributed by atoms with Crippen molar-refractivity contribution >= 4 is 29.5 Å². The summed E-state index contributed by atoms with van der Waals surface area (Å²) in [7, 11) is 0. The zero-order valence-electron chi connectivity index (χ0n) is 13.6. The molecule has 0 radical (unpaired) electrons. The maximum Gasteiger partial charge on any atom is 0.355 e. The Kier molecular flexibility index (Phi) is 6.28. The highest BCUT2D eigenvalue weighted by Crippen LogP contribution is 2.17. The van der Waals surface area contributed by atoms with E-state index >= 15 is 0 Å². The van der Waals surface area contributed by atoms with Crippen molar-refractivity contribution in [1.29, 1.82) is 0 Å². The third-order valence-electron chi connectivity index (χ3n) is 3.97.